The predicted octanol–water partition coefficient (Wildman–Crippen LogP) is 3.24. The van der Waals surface area contributed by atoms with Crippen molar-refractivity contribution in [1.82, 2.24) is 29.4 Å². The van der Waals surface area contributed by atoms with E-state index in [-0.39, 0.29) is 5.91 Å². The number of thioether (sulfide) groups is 1. The molecule has 0 saturated carbocycles. The van der Waals surface area contributed by atoms with E-state index in [1.54, 1.807) is 11.8 Å². The number of hydrogen-bond acceptors (Lipinski definition) is 5. The van der Waals surface area contributed by atoms with Crippen LogP contribution in [-0.2, 0) is 26.6 Å². The molecule has 0 unspecified atom stereocenters. The first-order valence-electron chi connectivity index (χ1n) is 9.83. The van der Waals surface area contributed by atoms with Gasteiger partial charge in [-0.15, -0.1) is 10.2 Å². The summed E-state index contributed by atoms with van der Waals surface area (Å²) in [5, 5.41) is 14.4. The summed E-state index contributed by atoms with van der Waals surface area (Å²) in [5.41, 5.74) is 5.96. The molecule has 0 saturated heterocycles. The molecule has 1 aliphatic heterocycles. The summed E-state index contributed by atoms with van der Waals surface area (Å²) < 4.78 is 4.01. The Labute approximate surface area is 175 Å². The van der Waals surface area contributed by atoms with Gasteiger partial charge in [0.2, 0.25) is 0 Å². The quantitative estimate of drug-likeness (QED) is 0.618. The maximum atomic E-state index is 13.3. The normalized spacial score (nSPS) is 13.6. The molecule has 0 aliphatic carbocycles. The van der Waals surface area contributed by atoms with Gasteiger partial charge in [0, 0.05) is 43.4 Å². The van der Waals surface area contributed by atoms with Gasteiger partial charge in [0.05, 0.1) is 6.54 Å². The number of nitrogens with zero attached hydrogens (tertiary/aromatic N) is 6. The average molecular weight is 411 g/mol. The van der Waals surface area contributed by atoms with E-state index in [4.69, 9.17) is 5.10 Å². The highest BCUT2D eigenvalue weighted by atomic mass is 32.2. The minimum absolute atomic E-state index is 0.0772. The molecule has 152 valence electrons. The Morgan fingerprint density at radius 2 is 2.03 bits per heavy atom. The lowest BCUT2D eigenvalue weighted by molar-refractivity contribution is 0.0733. The van der Waals surface area contributed by atoms with E-state index < -0.39 is 0 Å². The number of hydrogen-bond donors (Lipinski definition) is 0. The first-order chi connectivity index (χ1) is 13.9. The average Bonchev–Trinajstić information content (AvgIpc) is 3.29. The Morgan fingerprint density at radius 1 is 1.24 bits per heavy atom. The van der Waals surface area contributed by atoms with Crippen molar-refractivity contribution in [2.45, 2.75) is 45.4 Å². The number of carbonyl (C=O) groups is 1. The third-order valence-electron chi connectivity index (χ3n) is 5.58. The number of benzene rings is 1. The standard InChI is InChI=1S/C21H26N6OS/c1-6-27-19(22-23-21(27)29-5)18-16-12-26(10-9-17(16)25(4)24-18)20(28)15-11-13(2)7-8-14(15)3/h7-8,11H,6,9-10,12H2,1-5H3. The van der Waals surface area contributed by atoms with Crippen molar-refractivity contribution in [1.29, 1.82) is 0 Å². The van der Waals surface area contributed by atoms with Crippen LogP contribution in [0.15, 0.2) is 23.4 Å². The van der Waals surface area contributed by atoms with Crippen molar-refractivity contribution in [2.24, 2.45) is 7.05 Å². The van der Waals surface area contributed by atoms with E-state index in [0.717, 1.165) is 51.9 Å². The second kappa shape index (κ2) is 7.67. The summed E-state index contributed by atoms with van der Waals surface area (Å²) in [6, 6.07) is 6.04. The summed E-state index contributed by atoms with van der Waals surface area (Å²) in [6.45, 7) is 8.09. The smallest absolute Gasteiger partial charge is 0.254 e. The molecule has 29 heavy (non-hydrogen) atoms. The zero-order valence-corrected chi connectivity index (χ0v) is 18.4. The van der Waals surface area contributed by atoms with Gasteiger partial charge in [-0.05, 0) is 38.7 Å². The highest BCUT2D eigenvalue weighted by molar-refractivity contribution is 7.98. The van der Waals surface area contributed by atoms with E-state index >= 15 is 0 Å². The van der Waals surface area contributed by atoms with Gasteiger partial charge < -0.3 is 9.47 Å². The Morgan fingerprint density at radius 3 is 2.76 bits per heavy atom. The van der Waals surface area contributed by atoms with Crippen LogP contribution >= 0.6 is 11.8 Å². The molecule has 0 atom stereocenters. The molecule has 3 aromatic rings. The van der Waals surface area contributed by atoms with Crippen LogP contribution < -0.4 is 0 Å². The molecule has 0 spiro atoms. The minimum Gasteiger partial charge on any atom is -0.334 e. The van der Waals surface area contributed by atoms with Crippen LogP contribution in [0.25, 0.3) is 11.5 Å². The molecule has 0 bridgehead atoms. The minimum atomic E-state index is 0.0772. The topological polar surface area (TPSA) is 68.8 Å². The van der Waals surface area contributed by atoms with Crippen LogP contribution in [0.3, 0.4) is 0 Å². The van der Waals surface area contributed by atoms with Crippen molar-refractivity contribution in [3.05, 3.63) is 46.1 Å². The van der Waals surface area contributed by atoms with Gasteiger partial charge in [0.25, 0.3) is 5.91 Å². The third-order valence-corrected chi connectivity index (χ3v) is 6.25. The Hall–Kier alpha value is -2.61. The summed E-state index contributed by atoms with van der Waals surface area (Å²) >= 11 is 1.58. The summed E-state index contributed by atoms with van der Waals surface area (Å²) in [4.78, 5) is 15.2. The molecule has 1 aliphatic rings. The number of aryl methyl sites for hydroxylation is 3. The van der Waals surface area contributed by atoms with Gasteiger partial charge in [0.1, 0.15) is 5.69 Å². The SMILES string of the molecule is CCn1c(SC)nnc1-c1nn(C)c2c1CN(C(=O)c1cc(C)ccc1C)CC2. The molecule has 1 aromatic carbocycles. The van der Waals surface area contributed by atoms with Crippen LogP contribution in [0.2, 0.25) is 0 Å². The Kier molecular flexibility index (Phi) is 5.21. The van der Waals surface area contributed by atoms with E-state index in [2.05, 4.69) is 21.7 Å². The molecule has 0 N–H and O–H groups in total. The molecule has 0 radical (unpaired) electrons. The van der Waals surface area contributed by atoms with Gasteiger partial charge in [-0.1, -0.05) is 29.5 Å². The number of fused-ring (bicyclic) bond motifs is 1. The number of carbonyl (C=O) groups excluding carboxylic acids is 1. The van der Waals surface area contributed by atoms with E-state index in [1.165, 1.54) is 5.69 Å². The number of aromatic nitrogens is 5. The van der Waals surface area contributed by atoms with Gasteiger partial charge in [0.15, 0.2) is 11.0 Å². The van der Waals surface area contributed by atoms with Crippen molar-refractivity contribution in [3.63, 3.8) is 0 Å². The molecule has 2 aromatic heterocycles. The van der Waals surface area contributed by atoms with Crippen LogP contribution in [0.1, 0.15) is 39.7 Å². The lowest BCUT2D eigenvalue weighted by atomic mass is 10.0. The molecular weight excluding hydrogens is 384 g/mol. The van der Waals surface area contributed by atoms with Gasteiger partial charge in [-0.3, -0.25) is 9.48 Å². The third kappa shape index (κ3) is 3.35. The van der Waals surface area contributed by atoms with Crippen molar-refractivity contribution >= 4 is 17.7 Å². The molecule has 8 heteroatoms. The lowest BCUT2D eigenvalue weighted by Gasteiger charge is -2.28. The maximum Gasteiger partial charge on any atom is 0.254 e. The zero-order chi connectivity index (χ0) is 20.7. The van der Waals surface area contributed by atoms with E-state index in [0.29, 0.717) is 13.1 Å². The lowest BCUT2D eigenvalue weighted by Crippen LogP contribution is -2.36. The van der Waals surface area contributed by atoms with Gasteiger partial charge in [-0.25, -0.2) is 0 Å². The molecule has 4 rings (SSSR count). The van der Waals surface area contributed by atoms with Crippen molar-refractivity contribution in [3.8, 4) is 11.5 Å². The largest absolute Gasteiger partial charge is 0.334 e. The molecule has 1 amide bonds. The molecule has 0 fully saturated rings. The van der Waals surface area contributed by atoms with E-state index in [9.17, 15) is 4.79 Å². The molecular formula is C21H26N6OS. The predicted molar refractivity (Wildman–Crippen MR) is 114 cm³/mol. The Balaban J connectivity index is 1.72. The maximum absolute atomic E-state index is 13.3. The molecule has 3 heterocycles. The van der Waals surface area contributed by atoms with Gasteiger partial charge in [-0.2, -0.15) is 5.10 Å². The first-order valence-corrected chi connectivity index (χ1v) is 11.1. The summed E-state index contributed by atoms with van der Waals surface area (Å²) in [5.74, 6) is 0.850. The Bertz CT molecular complexity index is 1080. The first kappa shape index (κ1) is 19.7. The summed E-state index contributed by atoms with van der Waals surface area (Å²) in [7, 11) is 1.96. The zero-order valence-electron chi connectivity index (χ0n) is 17.6. The number of amides is 1. The fourth-order valence-electron chi connectivity index (χ4n) is 3.98. The van der Waals surface area contributed by atoms with Crippen molar-refractivity contribution < 1.29 is 4.79 Å². The highest BCUT2D eigenvalue weighted by Crippen LogP contribution is 2.31. The van der Waals surface area contributed by atoms with Crippen LogP contribution in [0, 0.1) is 13.8 Å². The van der Waals surface area contributed by atoms with Crippen molar-refractivity contribution in [2.75, 3.05) is 12.8 Å². The van der Waals surface area contributed by atoms with E-state index in [1.807, 2.05) is 54.9 Å². The van der Waals surface area contributed by atoms with Gasteiger partial charge >= 0.3 is 0 Å². The fraction of sp³-hybridized carbons (Fsp3) is 0.429. The highest BCUT2D eigenvalue weighted by Gasteiger charge is 2.30. The fourth-order valence-corrected chi connectivity index (χ4v) is 4.54. The molecule has 7 nitrogen and oxygen atoms in total. The van der Waals surface area contributed by atoms with Crippen LogP contribution in [-0.4, -0.2) is 48.2 Å². The summed E-state index contributed by atoms with van der Waals surface area (Å²) in [6.07, 6.45) is 2.78. The monoisotopic (exact) mass is 410 g/mol. The van der Waals surface area contributed by atoms with Crippen LogP contribution in [0.4, 0.5) is 0 Å². The second-order valence-corrected chi connectivity index (χ2v) is 8.22. The van der Waals surface area contributed by atoms with Crippen LogP contribution in [0.5, 0.6) is 0 Å². The number of rotatable bonds is 4. The second-order valence-electron chi connectivity index (χ2n) is 7.45.